The van der Waals surface area contributed by atoms with Crippen molar-refractivity contribution < 1.29 is 39.5 Å². The number of aliphatic hydroxyl groups is 3. The lowest BCUT2D eigenvalue weighted by molar-refractivity contribution is -0.321. The summed E-state index contributed by atoms with van der Waals surface area (Å²) in [6, 6.07) is -1.16. The molecule has 1 aliphatic heterocycles. The third-order valence-electron chi connectivity index (χ3n) is 2.62. The van der Waals surface area contributed by atoms with E-state index in [4.69, 9.17) is 14.6 Å². The van der Waals surface area contributed by atoms with Crippen LogP contribution in [0.15, 0.2) is 0 Å². The highest BCUT2D eigenvalue weighted by Gasteiger charge is 2.45. The number of carbonyl (C=O) groups excluding carboxylic acids is 2. The molecule has 0 spiro atoms. The van der Waals surface area contributed by atoms with E-state index in [2.05, 4.69) is 5.32 Å². The number of carboxylic acids is 1. The zero-order chi connectivity index (χ0) is 14.6. The lowest BCUT2D eigenvalue weighted by Gasteiger charge is -2.42. The van der Waals surface area contributed by atoms with Crippen molar-refractivity contribution in [3.8, 4) is 0 Å². The van der Waals surface area contributed by atoms with Crippen molar-refractivity contribution in [3.63, 3.8) is 0 Å². The molecule has 10 heteroatoms. The molecule has 1 heterocycles. The number of ether oxygens (including phenoxy) is 2. The van der Waals surface area contributed by atoms with Crippen LogP contribution in [0.1, 0.15) is 6.92 Å². The van der Waals surface area contributed by atoms with E-state index >= 15 is 0 Å². The van der Waals surface area contributed by atoms with Crippen molar-refractivity contribution in [3.05, 3.63) is 0 Å². The Labute approximate surface area is 114 Å². The molecule has 118 valence electrons. The molecule has 8 N–H and O–H groups in total. The number of quaternary nitrogens is 1. The van der Waals surface area contributed by atoms with E-state index in [-0.39, 0.29) is 6.15 Å². The van der Waals surface area contributed by atoms with E-state index in [9.17, 15) is 24.9 Å². The Balaban J connectivity index is 0.00000361. The second-order valence-corrected chi connectivity index (χ2v) is 4.12. The van der Waals surface area contributed by atoms with Gasteiger partial charge >= 0.3 is 0 Å². The Bertz CT molecular complexity index is 339. The highest BCUT2D eigenvalue weighted by atomic mass is 16.7. The predicted octanol–water partition coefficient (Wildman–Crippen LogP) is -3.93. The monoisotopic (exact) mass is 296 g/mol. The topological polar surface area (TPSA) is 185 Å². The molecular formula is C10H20N2O8. The van der Waals surface area contributed by atoms with Crippen LogP contribution in [0.4, 0.5) is 0 Å². The zero-order valence-corrected chi connectivity index (χ0v) is 11.2. The molecule has 0 saturated carbocycles. The van der Waals surface area contributed by atoms with Crippen LogP contribution >= 0.6 is 0 Å². The van der Waals surface area contributed by atoms with Gasteiger partial charge in [-0.2, -0.15) is 0 Å². The standard InChI is InChI=1S/C10H17NO8.H3N/c1-4(13)11-7-9(17)8(16)5(2-12)19-10(7)18-3-6(14)15;/h5,7-10,12,16-17H,2-3H2,1H3,(H,11,13)(H,14,15);1H3/t5-,7-,8-,9-,10-;/m1./s1. The van der Waals surface area contributed by atoms with E-state index in [0.29, 0.717) is 0 Å². The van der Waals surface area contributed by atoms with Crippen LogP contribution in [0.25, 0.3) is 0 Å². The molecule has 20 heavy (non-hydrogen) atoms. The van der Waals surface area contributed by atoms with Crippen LogP contribution in [0.5, 0.6) is 0 Å². The highest BCUT2D eigenvalue weighted by molar-refractivity contribution is 5.73. The summed E-state index contributed by atoms with van der Waals surface area (Å²) in [4.78, 5) is 21.3. The normalized spacial score (nSPS) is 33.1. The first-order chi connectivity index (χ1) is 8.86. The first-order valence-corrected chi connectivity index (χ1v) is 5.57. The Morgan fingerprint density at radius 3 is 2.40 bits per heavy atom. The fourth-order valence-corrected chi connectivity index (χ4v) is 1.76. The van der Waals surface area contributed by atoms with Crippen molar-refractivity contribution in [2.24, 2.45) is 0 Å². The smallest absolute Gasteiger partial charge is 0.217 e. The minimum Gasteiger partial charge on any atom is -0.548 e. The molecule has 10 nitrogen and oxygen atoms in total. The Morgan fingerprint density at radius 2 is 1.95 bits per heavy atom. The van der Waals surface area contributed by atoms with E-state index in [0.717, 1.165) is 0 Å². The van der Waals surface area contributed by atoms with Gasteiger partial charge in [0.1, 0.15) is 24.4 Å². The average molecular weight is 296 g/mol. The highest BCUT2D eigenvalue weighted by Crippen LogP contribution is 2.22. The zero-order valence-electron chi connectivity index (χ0n) is 11.2. The Morgan fingerprint density at radius 1 is 1.35 bits per heavy atom. The third-order valence-corrected chi connectivity index (χ3v) is 2.62. The fraction of sp³-hybridized carbons (Fsp3) is 0.800. The number of carbonyl (C=O) groups is 2. The van der Waals surface area contributed by atoms with Crippen LogP contribution in [-0.2, 0) is 19.1 Å². The van der Waals surface area contributed by atoms with Crippen molar-refractivity contribution in [1.29, 1.82) is 0 Å². The number of carboxylic acid groups (broad SMARTS) is 1. The predicted molar refractivity (Wildman–Crippen MR) is 62.3 cm³/mol. The van der Waals surface area contributed by atoms with E-state index in [1.165, 1.54) is 6.92 Å². The lowest BCUT2D eigenvalue weighted by atomic mass is 9.97. The Kier molecular flexibility index (Phi) is 7.57. The second kappa shape index (κ2) is 8.09. The van der Waals surface area contributed by atoms with Gasteiger partial charge in [0, 0.05) is 6.92 Å². The van der Waals surface area contributed by atoms with Crippen molar-refractivity contribution >= 4 is 11.9 Å². The third kappa shape index (κ3) is 4.67. The minimum atomic E-state index is -1.51. The molecule has 1 aliphatic rings. The maximum atomic E-state index is 11.0. The van der Waals surface area contributed by atoms with Crippen LogP contribution in [-0.4, -0.2) is 71.1 Å². The summed E-state index contributed by atoms with van der Waals surface area (Å²) in [7, 11) is 0. The molecule has 1 fully saturated rings. The summed E-state index contributed by atoms with van der Waals surface area (Å²) in [5.41, 5.74) is 0. The summed E-state index contributed by atoms with van der Waals surface area (Å²) < 4.78 is 9.92. The molecular weight excluding hydrogens is 276 g/mol. The Hall–Kier alpha value is -1.30. The number of rotatable bonds is 5. The maximum absolute atomic E-state index is 11.0. The molecule has 0 aliphatic carbocycles. The van der Waals surface area contributed by atoms with Crippen LogP contribution in [0, 0.1) is 0 Å². The molecule has 0 bridgehead atoms. The van der Waals surface area contributed by atoms with Crippen LogP contribution < -0.4 is 16.6 Å². The van der Waals surface area contributed by atoms with Crippen molar-refractivity contribution in [1.82, 2.24) is 11.5 Å². The van der Waals surface area contributed by atoms with Gasteiger partial charge in [-0.1, -0.05) is 0 Å². The second-order valence-electron chi connectivity index (χ2n) is 4.12. The largest absolute Gasteiger partial charge is 0.548 e. The van der Waals surface area contributed by atoms with Crippen LogP contribution in [0.3, 0.4) is 0 Å². The van der Waals surface area contributed by atoms with Gasteiger partial charge in [-0.05, 0) is 0 Å². The summed E-state index contributed by atoms with van der Waals surface area (Å²) in [5, 5.41) is 41.1. The molecule has 0 aromatic rings. The van der Waals surface area contributed by atoms with Crippen molar-refractivity contribution in [2.75, 3.05) is 13.2 Å². The molecule has 0 radical (unpaired) electrons. The number of aliphatic hydroxyl groups excluding tert-OH is 3. The number of aliphatic carboxylic acids is 1. The molecule has 0 aromatic heterocycles. The molecule has 5 atom stereocenters. The van der Waals surface area contributed by atoms with E-state index in [1.807, 2.05) is 0 Å². The summed E-state index contributed by atoms with van der Waals surface area (Å²) in [6.07, 6.45) is -5.38. The lowest BCUT2D eigenvalue weighted by Crippen LogP contribution is -2.64. The van der Waals surface area contributed by atoms with Gasteiger partial charge in [0.25, 0.3) is 0 Å². The van der Waals surface area contributed by atoms with Gasteiger partial charge in [0.05, 0.1) is 19.2 Å². The molecule has 0 unspecified atom stereocenters. The van der Waals surface area contributed by atoms with Gasteiger partial charge in [0.15, 0.2) is 6.29 Å². The number of nitrogens with one attached hydrogen (secondary N) is 1. The summed E-state index contributed by atoms with van der Waals surface area (Å²) in [5.74, 6) is -2.03. The van der Waals surface area contributed by atoms with E-state index in [1.54, 1.807) is 0 Å². The molecule has 0 aromatic carbocycles. The van der Waals surface area contributed by atoms with Gasteiger partial charge in [0.2, 0.25) is 5.91 Å². The van der Waals surface area contributed by atoms with Crippen molar-refractivity contribution in [2.45, 2.75) is 37.6 Å². The molecule has 1 rings (SSSR count). The number of hydrogen-bond donors (Lipinski definition) is 5. The first-order valence-electron chi connectivity index (χ1n) is 5.57. The average Bonchev–Trinajstić information content (AvgIpc) is 2.33. The fourth-order valence-electron chi connectivity index (χ4n) is 1.76. The SMILES string of the molecule is CC(=O)N[C@H]1[C@H](OCC(=O)[O-])O[C@H](CO)[C@@H](O)[C@@H]1O.[NH4+]. The van der Waals surface area contributed by atoms with E-state index < -0.39 is 55.7 Å². The summed E-state index contributed by atoms with van der Waals surface area (Å²) >= 11 is 0. The van der Waals surface area contributed by atoms with Gasteiger partial charge in [-0.25, -0.2) is 0 Å². The van der Waals surface area contributed by atoms with Gasteiger partial charge < -0.3 is 46.2 Å². The minimum absolute atomic E-state index is 0. The summed E-state index contributed by atoms with van der Waals surface area (Å²) in [6.45, 7) is -0.245. The number of hydrogen-bond acceptors (Lipinski definition) is 8. The first kappa shape index (κ1) is 18.7. The molecule has 1 saturated heterocycles. The number of amides is 1. The van der Waals surface area contributed by atoms with Crippen LogP contribution in [0.2, 0.25) is 0 Å². The quantitative estimate of drug-likeness (QED) is 0.340. The van der Waals surface area contributed by atoms with Gasteiger partial charge in [-0.15, -0.1) is 0 Å². The van der Waals surface area contributed by atoms with Gasteiger partial charge in [-0.3, -0.25) is 4.79 Å². The molecule has 1 amide bonds. The maximum Gasteiger partial charge on any atom is 0.217 e.